The van der Waals surface area contributed by atoms with Gasteiger partial charge in [-0.25, -0.2) is 0 Å². The zero-order valence-corrected chi connectivity index (χ0v) is 21.9. The number of fused-ring (bicyclic) bond motifs is 1. The number of carboxylic acids is 1. The predicted molar refractivity (Wildman–Crippen MR) is 136 cm³/mol. The summed E-state index contributed by atoms with van der Waals surface area (Å²) >= 11 is 0. The fourth-order valence-corrected chi connectivity index (χ4v) is 8.37. The monoisotopic (exact) mass is 454 g/mol. The van der Waals surface area contributed by atoms with E-state index >= 15 is 0 Å². The molecule has 3 nitrogen and oxygen atoms in total. The molecule has 184 valence electrons. The second-order valence-electron chi connectivity index (χ2n) is 12.6. The van der Waals surface area contributed by atoms with Crippen LogP contribution in [0.5, 0.6) is 0 Å². The minimum absolute atomic E-state index is 0.0961. The van der Waals surface area contributed by atoms with Crippen LogP contribution >= 0.6 is 0 Å². The molecule has 0 aliphatic heterocycles. The molecule has 1 N–H and O–H groups in total. The van der Waals surface area contributed by atoms with Crippen molar-refractivity contribution in [3.8, 4) is 0 Å². The Morgan fingerprint density at radius 3 is 2.39 bits per heavy atom. The van der Waals surface area contributed by atoms with Crippen LogP contribution in [0.15, 0.2) is 36.0 Å². The molecule has 2 fully saturated rings. The van der Waals surface area contributed by atoms with Crippen molar-refractivity contribution in [2.45, 2.75) is 99.3 Å². The number of ketones is 1. The summed E-state index contributed by atoms with van der Waals surface area (Å²) in [5.74, 6) is 1.20. The van der Waals surface area contributed by atoms with E-state index in [-0.39, 0.29) is 22.7 Å². The van der Waals surface area contributed by atoms with Gasteiger partial charge in [0, 0.05) is 18.3 Å². The number of carboxylic acid groups (broad SMARTS) is 1. The molecular weight excluding hydrogens is 408 g/mol. The molecule has 0 radical (unpaired) electrons. The van der Waals surface area contributed by atoms with Gasteiger partial charge in [-0.1, -0.05) is 63.6 Å². The minimum Gasteiger partial charge on any atom is -0.481 e. The molecule has 6 atom stereocenters. The lowest BCUT2D eigenvalue weighted by Crippen LogP contribution is -2.53. The smallest absolute Gasteiger partial charge is 0.303 e. The van der Waals surface area contributed by atoms with Gasteiger partial charge in [-0.05, 0) is 93.3 Å². The van der Waals surface area contributed by atoms with Crippen molar-refractivity contribution in [2.75, 3.05) is 0 Å². The molecule has 0 saturated heterocycles. The summed E-state index contributed by atoms with van der Waals surface area (Å²) in [5, 5.41) is 9.46. The molecule has 0 unspecified atom stereocenters. The van der Waals surface area contributed by atoms with Crippen LogP contribution < -0.4 is 0 Å². The third-order valence-corrected chi connectivity index (χ3v) is 10.4. The van der Waals surface area contributed by atoms with Gasteiger partial charge >= 0.3 is 5.97 Å². The van der Waals surface area contributed by atoms with Gasteiger partial charge < -0.3 is 5.11 Å². The minimum atomic E-state index is -0.715. The molecule has 2 saturated carbocycles. The van der Waals surface area contributed by atoms with Gasteiger partial charge in [-0.3, -0.25) is 9.59 Å². The first-order chi connectivity index (χ1) is 15.2. The van der Waals surface area contributed by atoms with Crippen LogP contribution in [-0.2, 0) is 9.59 Å². The Morgan fingerprint density at radius 2 is 1.79 bits per heavy atom. The Balaban J connectivity index is 1.89. The van der Waals surface area contributed by atoms with Crippen molar-refractivity contribution in [2.24, 2.45) is 39.9 Å². The van der Waals surface area contributed by atoms with Crippen molar-refractivity contribution >= 4 is 11.8 Å². The molecular formula is C30H46O3. The lowest BCUT2D eigenvalue weighted by Gasteiger charge is -2.57. The Morgan fingerprint density at radius 1 is 1.15 bits per heavy atom. The van der Waals surface area contributed by atoms with E-state index < -0.39 is 5.97 Å². The summed E-state index contributed by atoms with van der Waals surface area (Å²) in [6, 6.07) is 0. The van der Waals surface area contributed by atoms with Crippen LogP contribution in [0, 0.1) is 39.9 Å². The summed E-state index contributed by atoms with van der Waals surface area (Å²) in [4.78, 5) is 24.3. The Labute approximate surface area is 201 Å². The van der Waals surface area contributed by atoms with Gasteiger partial charge in [0.2, 0.25) is 0 Å². The lowest BCUT2D eigenvalue weighted by atomic mass is 9.46. The van der Waals surface area contributed by atoms with Gasteiger partial charge in [-0.15, -0.1) is 0 Å². The molecule has 0 aromatic heterocycles. The van der Waals surface area contributed by atoms with Crippen molar-refractivity contribution in [3.63, 3.8) is 0 Å². The lowest BCUT2D eigenvalue weighted by molar-refractivity contribution is -0.145. The topological polar surface area (TPSA) is 54.4 Å². The first-order valence-electron chi connectivity index (χ1n) is 13.0. The number of allylic oxidation sites excluding steroid dienone is 4. The maximum atomic E-state index is 12.8. The van der Waals surface area contributed by atoms with Gasteiger partial charge in [0.15, 0.2) is 0 Å². The maximum absolute atomic E-state index is 12.8. The number of Topliss-reactive ketones (excluding diaryl/α,β-unsaturated/α-hetero) is 1. The molecule has 3 aliphatic rings. The standard InChI is InChI=1S/C30H46O3/c1-19(2)22-11-9-20(3)23(29(22,7)18-16-27(32)33)12-13-24-21(4)10-14-25-28(5,6)26(31)15-17-30(24,25)8/h9,22-25H,1,4,10-18H2,2-3,5-8H3,(H,32,33)/t22-,23-,24-,25-,29-,30+/m0/s1. The van der Waals surface area contributed by atoms with Crippen LogP contribution in [0.25, 0.3) is 0 Å². The average molecular weight is 455 g/mol. The molecule has 0 bridgehead atoms. The van der Waals surface area contributed by atoms with E-state index in [9.17, 15) is 14.7 Å². The molecule has 3 heteroatoms. The summed E-state index contributed by atoms with van der Waals surface area (Å²) in [6.45, 7) is 22.2. The highest BCUT2D eigenvalue weighted by molar-refractivity contribution is 5.85. The van der Waals surface area contributed by atoms with Gasteiger partial charge in [-0.2, -0.15) is 0 Å². The van der Waals surface area contributed by atoms with Crippen LogP contribution in [0.4, 0.5) is 0 Å². The zero-order valence-electron chi connectivity index (χ0n) is 21.9. The van der Waals surface area contributed by atoms with Crippen LogP contribution in [0.2, 0.25) is 0 Å². The summed E-state index contributed by atoms with van der Waals surface area (Å²) < 4.78 is 0. The number of carbonyl (C=O) groups excluding carboxylic acids is 1. The molecule has 3 rings (SSSR count). The summed E-state index contributed by atoms with van der Waals surface area (Å²) in [7, 11) is 0. The molecule has 0 aromatic rings. The first kappa shape index (κ1) is 26.0. The second kappa shape index (κ2) is 9.19. The Kier molecular flexibility index (Phi) is 7.23. The second-order valence-corrected chi connectivity index (χ2v) is 12.6. The largest absolute Gasteiger partial charge is 0.481 e. The highest BCUT2D eigenvalue weighted by atomic mass is 16.4. The van der Waals surface area contributed by atoms with E-state index in [1.807, 2.05) is 0 Å². The van der Waals surface area contributed by atoms with Crippen molar-refractivity contribution < 1.29 is 14.7 Å². The maximum Gasteiger partial charge on any atom is 0.303 e. The summed E-state index contributed by atoms with van der Waals surface area (Å²) in [5.41, 5.74) is 3.69. The molecule has 0 aromatic carbocycles. The fraction of sp³-hybridized carbons (Fsp3) is 0.733. The van der Waals surface area contributed by atoms with Crippen molar-refractivity contribution in [3.05, 3.63) is 36.0 Å². The number of hydrogen-bond donors (Lipinski definition) is 1. The molecule has 0 heterocycles. The average Bonchev–Trinajstić information content (AvgIpc) is 2.71. The number of carbonyl (C=O) groups is 2. The van der Waals surface area contributed by atoms with E-state index in [4.69, 9.17) is 0 Å². The highest BCUT2D eigenvalue weighted by Gasteiger charge is 2.56. The van der Waals surface area contributed by atoms with E-state index in [1.165, 1.54) is 16.7 Å². The molecule has 0 amide bonds. The van der Waals surface area contributed by atoms with Crippen LogP contribution in [-0.4, -0.2) is 16.9 Å². The molecule has 3 aliphatic carbocycles. The van der Waals surface area contributed by atoms with E-state index in [0.717, 1.165) is 38.5 Å². The Hall–Kier alpha value is -1.64. The molecule has 0 spiro atoms. The van der Waals surface area contributed by atoms with Gasteiger partial charge in [0.25, 0.3) is 0 Å². The van der Waals surface area contributed by atoms with Crippen molar-refractivity contribution in [1.29, 1.82) is 0 Å². The summed E-state index contributed by atoms with van der Waals surface area (Å²) in [6.07, 6.45) is 10.1. The SMILES string of the molecule is C=C(C)[C@@H]1CC=C(C)[C@H](CC[C@H]2C(=C)CC[C@H]3C(C)(C)C(=O)CC[C@]23C)[C@@]1(C)CCC(=O)O. The normalized spacial score (nSPS) is 38.4. The number of rotatable bonds is 7. The third kappa shape index (κ3) is 4.54. The number of hydrogen-bond acceptors (Lipinski definition) is 2. The van der Waals surface area contributed by atoms with E-state index in [2.05, 4.69) is 60.8 Å². The highest BCUT2D eigenvalue weighted by Crippen LogP contribution is 2.62. The number of aliphatic carboxylic acids is 1. The molecule has 33 heavy (non-hydrogen) atoms. The van der Waals surface area contributed by atoms with Gasteiger partial charge in [0.05, 0.1) is 0 Å². The quantitative estimate of drug-likeness (QED) is 0.400. The third-order valence-electron chi connectivity index (χ3n) is 10.4. The van der Waals surface area contributed by atoms with E-state index in [1.54, 1.807) is 0 Å². The van der Waals surface area contributed by atoms with Crippen LogP contribution in [0.1, 0.15) is 99.3 Å². The van der Waals surface area contributed by atoms with Crippen molar-refractivity contribution in [1.82, 2.24) is 0 Å². The zero-order chi connectivity index (χ0) is 24.8. The first-order valence-corrected chi connectivity index (χ1v) is 13.0. The Bertz CT molecular complexity index is 862. The predicted octanol–water partition coefficient (Wildman–Crippen LogP) is 7.77. The fourth-order valence-electron chi connectivity index (χ4n) is 8.37. The van der Waals surface area contributed by atoms with Crippen LogP contribution in [0.3, 0.4) is 0 Å². The van der Waals surface area contributed by atoms with Gasteiger partial charge in [0.1, 0.15) is 5.78 Å². The van der Waals surface area contributed by atoms with E-state index in [0.29, 0.717) is 42.3 Å².